The van der Waals surface area contributed by atoms with Crippen LogP contribution in [0.5, 0.6) is 0 Å². The second-order valence-electron chi connectivity index (χ2n) is 7.53. The van der Waals surface area contributed by atoms with Crippen LogP contribution in [-0.2, 0) is 4.79 Å². The zero-order chi connectivity index (χ0) is 24.6. The average molecular weight is 459 g/mol. The van der Waals surface area contributed by atoms with Gasteiger partial charge in [0.1, 0.15) is 5.69 Å². The number of hydrogen-bond acceptors (Lipinski definition) is 6. The van der Waals surface area contributed by atoms with Gasteiger partial charge < -0.3 is 10.7 Å². The maximum absolute atomic E-state index is 15.3. The number of nitrogens with zero attached hydrogens (tertiary/aromatic N) is 3. The number of H-pyrrole nitrogens is 1. The van der Waals surface area contributed by atoms with Gasteiger partial charge in [0.05, 0.1) is 16.4 Å². The Hall–Kier alpha value is -4.73. The first-order chi connectivity index (χ1) is 16.2. The van der Waals surface area contributed by atoms with E-state index in [9.17, 15) is 19.7 Å². The Morgan fingerprint density at radius 3 is 2.59 bits per heavy atom. The molecule has 0 spiro atoms. The molecule has 0 fully saturated rings. The first-order valence-corrected chi connectivity index (χ1v) is 10.1. The fourth-order valence-corrected chi connectivity index (χ4v) is 3.85. The molecular weight excluding hydrogens is 441 g/mol. The summed E-state index contributed by atoms with van der Waals surface area (Å²) in [5, 5.41) is 11.0. The monoisotopic (exact) mass is 459 g/mol. The summed E-state index contributed by atoms with van der Waals surface area (Å²) >= 11 is 0. The molecule has 1 aliphatic rings. The third-order valence-corrected chi connectivity index (χ3v) is 5.42. The number of aromatic nitrogens is 3. The number of Topliss-reactive ketones (excluding diaryl/α,β-unsaturated/α-hetero) is 1. The normalized spacial score (nSPS) is 15.5. The van der Waals surface area contributed by atoms with Crippen molar-refractivity contribution in [3.63, 3.8) is 0 Å². The lowest BCUT2D eigenvalue weighted by atomic mass is 9.83. The summed E-state index contributed by atoms with van der Waals surface area (Å²) in [4.78, 5) is 46.9. The molecule has 9 nitrogen and oxygen atoms in total. The summed E-state index contributed by atoms with van der Waals surface area (Å²) in [5.41, 5.74) is 7.20. The molecule has 1 aliphatic carbocycles. The van der Waals surface area contributed by atoms with Crippen molar-refractivity contribution in [3.05, 3.63) is 99.7 Å². The van der Waals surface area contributed by atoms with Crippen molar-refractivity contribution in [1.29, 1.82) is 0 Å². The zero-order valence-corrected chi connectivity index (χ0v) is 17.9. The topological polar surface area (TPSA) is 145 Å². The highest BCUT2D eigenvalue weighted by Gasteiger charge is 2.35. The molecule has 2 heterocycles. The van der Waals surface area contributed by atoms with Crippen LogP contribution in [0.1, 0.15) is 39.2 Å². The molecule has 0 saturated heterocycles. The van der Waals surface area contributed by atoms with Crippen LogP contribution in [-0.4, -0.2) is 31.6 Å². The number of aromatic amines is 1. The molecule has 3 N–H and O–H groups in total. The predicted molar refractivity (Wildman–Crippen MR) is 123 cm³/mol. The number of rotatable bonds is 6. The number of amides is 1. The van der Waals surface area contributed by atoms with Gasteiger partial charge in [0, 0.05) is 40.8 Å². The van der Waals surface area contributed by atoms with E-state index in [1.165, 1.54) is 48.7 Å². The Balaban J connectivity index is 1.88. The number of carbonyl (C=O) groups excluding carboxylic acids is 2. The Bertz CT molecular complexity index is 1420. The van der Waals surface area contributed by atoms with E-state index >= 15 is 4.39 Å². The molecular formula is C24H18FN5O4. The number of primary amides is 1. The fraction of sp³-hybridized carbons (Fsp3) is 0.0833. The smallest absolute Gasteiger partial charge is 0.269 e. The standard InChI is InChI=1S/C24H18FN5O4/c1-3-17-18(13-4-6-14(7-5-13)30(33)34)19(21(29-17)23(26)32)15-8-9-16(20(25)22(15)31)24-27-11-10-12(2)28-24/h3-11,15,29H,1H2,2H3,(H2,26,32). The van der Waals surface area contributed by atoms with Crippen LogP contribution in [0.2, 0.25) is 0 Å². The third-order valence-electron chi connectivity index (χ3n) is 5.42. The molecule has 170 valence electrons. The maximum atomic E-state index is 15.3. The van der Waals surface area contributed by atoms with E-state index in [1.807, 2.05) is 0 Å². The average Bonchev–Trinajstić information content (AvgIpc) is 3.20. The number of nitrogens with two attached hydrogens (primary N) is 1. The summed E-state index contributed by atoms with van der Waals surface area (Å²) in [5.74, 6) is -3.93. The Labute approximate surface area is 192 Å². The first kappa shape index (κ1) is 22.5. The third kappa shape index (κ3) is 3.81. The van der Waals surface area contributed by atoms with Crippen molar-refractivity contribution >= 4 is 29.0 Å². The summed E-state index contributed by atoms with van der Waals surface area (Å²) in [6, 6.07) is 7.16. The Morgan fingerprint density at radius 2 is 2.00 bits per heavy atom. The van der Waals surface area contributed by atoms with Crippen molar-refractivity contribution in [2.45, 2.75) is 12.8 Å². The molecule has 1 aromatic carbocycles. The molecule has 0 saturated carbocycles. The van der Waals surface area contributed by atoms with E-state index in [4.69, 9.17) is 5.73 Å². The second-order valence-corrected chi connectivity index (χ2v) is 7.53. The highest BCUT2D eigenvalue weighted by molar-refractivity contribution is 6.11. The SMILES string of the molecule is C=Cc1[nH]c(C(N)=O)c(C2C=CC(c3nccc(C)n3)=C(F)C2=O)c1-c1ccc([N+](=O)[O-])cc1. The zero-order valence-electron chi connectivity index (χ0n) is 17.9. The highest BCUT2D eigenvalue weighted by Crippen LogP contribution is 2.41. The van der Waals surface area contributed by atoms with Gasteiger partial charge in [-0.1, -0.05) is 18.7 Å². The number of hydrogen-bond donors (Lipinski definition) is 2. The minimum Gasteiger partial charge on any atom is -0.364 e. The second kappa shape index (κ2) is 8.66. The number of halogens is 1. The van der Waals surface area contributed by atoms with Crippen molar-refractivity contribution < 1.29 is 18.9 Å². The molecule has 10 heteroatoms. The van der Waals surface area contributed by atoms with Crippen molar-refractivity contribution in [2.24, 2.45) is 5.73 Å². The molecule has 2 aromatic heterocycles. The van der Waals surface area contributed by atoms with Crippen LogP contribution in [0.25, 0.3) is 22.8 Å². The number of benzene rings is 1. The number of nitro groups is 1. The molecule has 1 amide bonds. The van der Waals surface area contributed by atoms with Gasteiger partial charge in [0.2, 0.25) is 5.78 Å². The largest absolute Gasteiger partial charge is 0.364 e. The number of nitrogens with one attached hydrogen (secondary N) is 1. The van der Waals surface area contributed by atoms with Crippen LogP contribution in [0.4, 0.5) is 10.1 Å². The van der Waals surface area contributed by atoms with Gasteiger partial charge in [-0.25, -0.2) is 14.4 Å². The van der Waals surface area contributed by atoms with Crippen molar-refractivity contribution in [2.75, 3.05) is 0 Å². The van der Waals surface area contributed by atoms with Gasteiger partial charge in [-0.05, 0) is 36.8 Å². The lowest BCUT2D eigenvalue weighted by molar-refractivity contribution is -0.384. The molecule has 1 unspecified atom stereocenters. The number of nitro benzene ring substituents is 1. The summed E-state index contributed by atoms with van der Waals surface area (Å²) < 4.78 is 15.3. The van der Waals surface area contributed by atoms with E-state index in [0.29, 0.717) is 22.5 Å². The molecule has 0 bridgehead atoms. The first-order valence-electron chi connectivity index (χ1n) is 10.1. The van der Waals surface area contributed by atoms with Gasteiger partial charge in [-0.3, -0.25) is 19.7 Å². The summed E-state index contributed by atoms with van der Waals surface area (Å²) in [6.07, 6.45) is 5.72. The van der Waals surface area contributed by atoms with E-state index in [0.717, 1.165) is 0 Å². The van der Waals surface area contributed by atoms with E-state index in [-0.39, 0.29) is 28.3 Å². The Morgan fingerprint density at radius 1 is 1.29 bits per heavy atom. The summed E-state index contributed by atoms with van der Waals surface area (Å²) in [6.45, 7) is 5.44. The highest BCUT2D eigenvalue weighted by atomic mass is 19.1. The van der Waals surface area contributed by atoms with E-state index in [1.54, 1.807) is 13.0 Å². The van der Waals surface area contributed by atoms with Crippen LogP contribution in [0, 0.1) is 17.0 Å². The molecule has 0 aliphatic heterocycles. The molecule has 34 heavy (non-hydrogen) atoms. The van der Waals surface area contributed by atoms with Gasteiger partial charge in [0.15, 0.2) is 11.7 Å². The van der Waals surface area contributed by atoms with Gasteiger partial charge in [-0.15, -0.1) is 0 Å². The van der Waals surface area contributed by atoms with Gasteiger partial charge in [0.25, 0.3) is 11.6 Å². The molecule has 1 atom stereocenters. The lowest BCUT2D eigenvalue weighted by Crippen LogP contribution is -2.21. The number of aryl methyl sites for hydroxylation is 1. The van der Waals surface area contributed by atoms with Crippen LogP contribution in [0.15, 0.2) is 61.1 Å². The predicted octanol–water partition coefficient (Wildman–Crippen LogP) is 4.03. The number of ketones is 1. The van der Waals surface area contributed by atoms with E-state index in [2.05, 4.69) is 21.5 Å². The van der Waals surface area contributed by atoms with Crippen LogP contribution < -0.4 is 5.73 Å². The van der Waals surface area contributed by atoms with Gasteiger partial charge >= 0.3 is 0 Å². The quantitative estimate of drug-likeness (QED) is 0.420. The van der Waals surface area contributed by atoms with Crippen molar-refractivity contribution in [1.82, 2.24) is 15.0 Å². The minimum atomic E-state index is -1.19. The van der Waals surface area contributed by atoms with Crippen LogP contribution in [0.3, 0.4) is 0 Å². The maximum Gasteiger partial charge on any atom is 0.269 e. The summed E-state index contributed by atoms with van der Waals surface area (Å²) in [7, 11) is 0. The number of carbonyl (C=O) groups is 2. The van der Waals surface area contributed by atoms with E-state index < -0.39 is 28.4 Å². The molecule has 4 rings (SSSR count). The van der Waals surface area contributed by atoms with Gasteiger partial charge in [-0.2, -0.15) is 0 Å². The number of non-ortho nitro benzene ring substituents is 1. The number of allylic oxidation sites excluding steroid dienone is 4. The lowest BCUT2D eigenvalue weighted by Gasteiger charge is -2.19. The van der Waals surface area contributed by atoms with Crippen molar-refractivity contribution in [3.8, 4) is 11.1 Å². The minimum absolute atomic E-state index is 0.0621. The molecule has 3 aromatic rings. The van der Waals surface area contributed by atoms with Crippen LogP contribution >= 0.6 is 0 Å². The fourth-order valence-electron chi connectivity index (χ4n) is 3.85. The Kier molecular flexibility index (Phi) is 5.72. The molecule has 0 radical (unpaired) electrons.